The Hall–Kier alpha value is -0.730. The van der Waals surface area contributed by atoms with Crippen molar-refractivity contribution < 1.29 is 4.79 Å². The molecule has 3 nitrogen and oxygen atoms in total. The van der Waals surface area contributed by atoms with Crippen LogP contribution in [0.4, 0.5) is 4.79 Å². The summed E-state index contributed by atoms with van der Waals surface area (Å²) in [6.07, 6.45) is 1.13. The van der Waals surface area contributed by atoms with Gasteiger partial charge in [-0.2, -0.15) is 0 Å². The summed E-state index contributed by atoms with van der Waals surface area (Å²) in [5, 5.41) is 2.64. The van der Waals surface area contributed by atoms with Crippen molar-refractivity contribution in [2.75, 3.05) is 13.6 Å². The number of rotatable bonds is 0. The van der Waals surface area contributed by atoms with E-state index < -0.39 is 0 Å². The molecule has 15 heavy (non-hydrogen) atoms. The van der Waals surface area contributed by atoms with Gasteiger partial charge in [-0.15, -0.1) is 0 Å². The van der Waals surface area contributed by atoms with E-state index in [1.807, 2.05) is 32.6 Å². The number of carbonyl (C=O) groups is 1. The van der Waals surface area contributed by atoms with Crippen LogP contribution >= 0.6 is 0 Å². The van der Waals surface area contributed by atoms with E-state index in [1.165, 1.54) is 0 Å². The number of urea groups is 1. The number of hydrogen-bond acceptors (Lipinski definition) is 1. The van der Waals surface area contributed by atoms with E-state index in [0.29, 0.717) is 12.0 Å². The predicted octanol–water partition coefficient (Wildman–Crippen LogP) is 3.11. The van der Waals surface area contributed by atoms with Crippen molar-refractivity contribution >= 4 is 6.03 Å². The fourth-order valence-electron chi connectivity index (χ4n) is 1.52. The molecular weight excluding hydrogens is 188 g/mol. The minimum absolute atomic E-state index is 0.0573. The standard InChI is InChI=1S/C8H16N2O.2C2H6/c1-6-4-5-10(7(6)2)8(11)9-3;2*1-2/h6-7H,4-5H2,1-3H3,(H,9,11);2*1-2H3. The summed E-state index contributed by atoms with van der Waals surface area (Å²) in [6, 6.07) is 0.455. The monoisotopic (exact) mass is 216 g/mol. The minimum Gasteiger partial charge on any atom is -0.341 e. The highest BCUT2D eigenvalue weighted by molar-refractivity contribution is 5.74. The fraction of sp³-hybridized carbons (Fsp3) is 0.917. The predicted molar refractivity (Wildman–Crippen MR) is 67.1 cm³/mol. The molecule has 0 saturated carbocycles. The maximum Gasteiger partial charge on any atom is 0.317 e. The second-order valence-corrected chi connectivity index (χ2v) is 3.26. The summed E-state index contributed by atoms with van der Waals surface area (Å²) in [5.74, 6) is 0.646. The molecule has 1 fully saturated rings. The smallest absolute Gasteiger partial charge is 0.317 e. The summed E-state index contributed by atoms with van der Waals surface area (Å²) in [5.41, 5.74) is 0. The lowest BCUT2D eigenvalue weighted by atomic mass is 10.1. The number of hydrogen-bond donors (Lipinski definition) is 1. The molecule has 1 rings (SSSR count). The number of amides is 2. The lowest BCUT2D eigenvalue weighted by Gasteiger charge is -2.22. The van der Waals surface area contributed by atoms with E-state index in [1.54, 1.807) is 7.05 Å². The lowest BCUT2D eigenvalue weighted by molar-refractivity contribution is 0.193. The number of nitrogens with zero attached hydrogens (tertiary/aromatic N) is 1. The van der Waals surface area contributed by atoms with Crippen LogP contribution in [0.3, 0.4) is 0 Å². The third kappa shape index (κ3) is 5.05. The Kier molecular flexibility index (Phi) is 10.9. The molecule has 0 aromatic rings. The molecule has 0 bridgehead atoms. The number of nitrogens with one attached hydrogen (secondary N) is 1. The molecule has 1 N–H and O–H groups in total. The zero-order valence-electron chi connectivity index (χ0n) is 11.4. The van der Waals surface area contributed by atoms with Crippen molar-refractivity contribution in [2.45, 2.75) is 54.0 Å². The van der Waals surface area contributed by atoms with Crippen LogP contribution in [0, 0.1) is 5.92 Å². The minimum atomic E-state index is 0.0573. The highest BCUT2D eigenvalue weighted by Gasteiger charge is 2.29. The van der Waals surface area contributed by atoms with Gasteiger partial charge in [-0.1, -0.05) is 34.6 Å². The average molecular weight is 216 g/mol. The Morgan fingerprint density at radius 3 is 1.93 bits per heavy atom. The maximum absolute atomic E-state index is 11.2. The van der Waals surface area contributed by atoms with Crippen LogP contribution in [0.2, 0.25) is 0 Å². The van der Waals surface area contributed by atoms with Gasteiger partial charge >= 0.3 is 6.03 Å². The van der Waals surface area contributed by atoms with Crippen molar-refractivity contribution in [1.29, 1.82) is 0 Å². The summed E-state index contributed by atoms with van der Waals surface area (Å²) >= 11 is 0. The molecule has 3 heteroatoms. The average Bonchev–Trinajstić information content (AvgIpc) is 2.64. The van der Waals surface area contributed by atoms with Gasteiger partial charge in [0.25, 0.3) is 0 Å². The Bertz CT molecular complexity index is 160. The maximum atomic E-state index is 11.2. The lowest BCUT2D eigenvalue weighted by Crippen LogP contribution is -2.41. The van der Waals surface area contributed by atoms with Crippen LogP contribution in [0.15, 0.2) is 0 Å². The number of carbonyl (C=O) groups excluding carboxylic acids is 1. The largest absolute Gasteiger partial charge is 0.341 e. The van der Waals surface area contributed by atoms with Crippen molar-refractivity contribution in [3.05, 3.63) is 0 Å². The second-order valence-electron chi connectivity index (χ2n) is 3.26. The second kappa shape index (κ2) is 9.81. The molecule has 0 aliphatic carbocycles. The van der Waals surface area contributed by atoms with Gasteiger partial charge in [0.1, 0.15) is 0 Å². The summed E-state index contributed by atoms with van der Waals surface area (Å²) in [7, 11) is 1.68. The zero-order chi connectivity index (χ0) is 12.4. The van der Waals surface area contributed by atoms with Crippen LogP contribution in [-0.4, -0.2) is 30.6 Å². The topological polar surface area (TPSA) is 32.3 Å². The first-order chi connectivity index (χ1) is 7.16. The molecule has 1 aliphatic rings. The highest BCUT2D eigenvalue weighted by Crippen LogP contribution is 2.22. The Morgan fingerprint density at radius 2 is 1.67 bits per heavy atom. The van der Waals surface area contributed by atoms with E-state index in [-0.39, 0.29) is 6.03 Å². The molecule has 1 saturated heterocycles. The Morgan fingerprint density at radius 1 is 1.20 bits per heavy atom. The SMILES string of the molecule is CC.CC.CNC(=O)N1CCC(C)C1C. The Labute approximate surface area is 95.2 Å². The van der Waals surface area contributed by atoms with Crippen molar-refractivity contribution in [2.24, 2.45) is 5.92 Å². The molecule has 0 aromatic carbocycles. The van der Waals surface area contributed by atoms with Gasteiger partial charge in [0.2, 0.25) is 0 Å². The molecule has 2 atom stereocenters. The van der Waals surface area contributed by atoms with Gasteiger partial charge in [-0.05, 0) is 19.3 Å². The summed E-state index contributed by atoms with van der Waals surface area (Å²) in [4.78, 5) is 13.1. The molecule has 1 heterocycles. The molecule has 0 spiro atoms. The zero-order valence-corrected chi connectivity index (χ0v) is 11.4. The third-order valence-corrected chi connectivity index (χ3v) is 2.62. The first kappa shape index (κ1) is 16.7. The van der Waals surface area contributed by atoms with Gasteiger partial charge in [0.05, 0.1) is 0 Å². The van der Waals surface area contributed by atoms with Crippen molar-refractivity contribution in [3.63, 3.8) is 0 Å². The molecule has 2 amide bonds. The van der Waals surface area contributed by atoms with Gasteiger partial charge in [0.15, 0.2) is 0 Å². The van der Waals surface area contributed by atoms with Crippen LogP contribution in [0.5, 0.6) is 0 Å². The normalized spacial score (nSPS) is 23.3. The van der Waals surface area contributed by atoms with Gasteiger partial charge < -0.3 is 10.2 Å². The van der Waals surface area contributed by atoms with Crippen molar-refractivity contribution in [3.8, 4) is 0 Å². The number of likely N-dealkylation sites (tertiary alicyclic amines) is 1. The fourth-order valence-corrected chi connectivity index (χ4v) is 1.52. The van der Waals surface area contributed by atoms with Gasteiger partial charge in [-0.3, -0.25) is 0 Å². The van der Waals surface area contributed by atoms with Crippen LogP contribution in [0.25, 0.3) is 0 Å². The van der Waals surface area contributed by atoms with E-state index >= 15 is 0 Å². The molecular formula is C12H28N2O. The summed E-state index contributed by atoms with van der Waals surface area (Å²) < 4.78 is 0. The van der Waals surface area contributed by atoms with Crippen LogP contribution in [0.1, 0.15) is 48.0 Å². The van der Waals surface area contributed by atoms with Gasteiger partial charge in [-0.25, -0.2) is 4.79 Å². The first-order valence-corrected chi connectivity index (χ1v) is 6.15. The van der Waals surface area contributed by atoms with Crippen molar-refractivity contribution in [1.82, 2.24) is 10.2 Å². The van der Waals surface area contributed by atoms with E-state index in [0.717, 1.165) is 13.0 Å². The van der Waals surface area contributed by atoms with Crippen LogP contribution in [-0.2, 0) is 0 Å². The van der Waals surface area contributed by atoms with E-state index in [9.17, 15) is 4.79 Å². The highest BCUT2D eigenvalue weighted by atomic mass is 16.2. The Balaban J connectivity index is 0. The van der Waals surface area contributed by atoms with Crippen LogP contribution < -0.4 is 5.32 Å². The first-order valence-electron chi connectivity index (χ1n) is 6.15. The molecule has 0 radical (unpaired) electrons. The van der Waals surface area contributed by atoms with Gasteiger partial charge in [0, 0.05) is 19.6 Å². The molecule has 92 valence electrons. The molecule has 1 aliphatic heterocycles. The summed E-state index contributed by atoms with van der Waals surface area (Å²) in [6.45, 7) is 13.2. The molecule has 2 unspecified atom stereocenters. The van der Waals surface area contributed by atoms with E-state index in [2.05, 4.69) is 19.2 Å². The molecule has 0 aromatic heterocycles. The quantitative estimate of drug-likeness (QED) is 0.663. The van der Waals surface area contributed by atoms with E-state index in [4.69, 9.17) is 0 Å². The third-order valence-electron chi connectivity index (χ3n) is 2.62.